The maximum atomic E-state index is 13.3. The third-order valence-corrected chi connectivity index (χ3v) is 18.3. The molecule has 0 aromatic rings. The van der Waals surface area contributed by atoms with Gasteiger partial charge in [-0.15, -0.1) is 0 Å². The second kappa shape index (κ2) is 56.0. The van der Waals surface area contributed by atoms with E-state index in [0.29, 0.717) is 12.8 Å². The van der Waals surface area contributed by atoms with Crippen LogP contribution in [-0.4, -0.2) is 140 Å². The van der Waals surface area contributed by atoms with Crippen LogP contribution < -0.4 is 5.32 Å². The Labute approximate surface area is 514 Å². The first-order valence-corrected chi connectivity index (χ1v) is 36.3. The van der Waals surface area contributed by atoms with Gasteiger partial charge in [-0.3, -0.25) is 4.79 Å². The summed E-state index contributed by atoms with van der Waals surface area (Å²) in [4.78, 5) is 13.3. The van der Waals surface area contributed by atoms with Gasteiger partial charge >= 0.3 is 0 Å². The topological polar surface area (TPSA) is 228 Å². The number of ether oxygens (including phenoxy) is 4. The monoisotopic (exact) mass is 1200 g/mol. The molecule has 500 valence electrons. The summed E-state index contributed by atoms with van der Waals surface area (Å²) in [6.07, 6.45) is 50.0. The zero-order valence-electron chi connectivity index (χ0n) is 54.4. The Morgan fingerprint density at radius 2 is 0.679 bits per heavy atom. The number of hydrogen-bond donors (Lipinski definition) is 9. The Morgan fingerprint density at radius 3 is 1.01 bits per heavy atom. The van der Waals surface area contributed by atoms with E-state index in [1.54, 1.807) is 0 Å². The first-order valence-electron chi connectivity index (χ1n) is 36.3. The molecule has 0 saturated carbocycles. The van der Waals surface area contributed by atoms with Crippen LogP contribution in [0.3, 0.4) is 0 Å². The van der Waals surface area contributed by atoms with Crippen molar-refractivity contribution in [2.24, 2.45) is 0 Å². The summed E-state index contributed by atoms with van der Waals surface area (Å²) in [7, 11) is 0. The fourth-order valence-corrected chi connectivity index (χ4v) is 12.5. The van der Waals surface area contributed by atoms with Crippen molar-refractivity contribution >= 4 is 5.91 Å². The lowest BCUT2D eigenvalue weighted by Crippen LogP contribution is -2.65. The molecule has 0 aromatic carbocycles. The highest BCUT2D eigenvalue weighted by atomic mass is 16.7. The van der Waals surface area contributed by atoms with E-state index in [0.717, 1.165) is 51.4 Å². The van der Waals surface area contributed by atoms with Crippen LogP contribution in [0.2, 0.25) is 0 Å². The molecular weight excluding hydrogens is 1060 g/mol. The molecule has 2 aliphatic rings. The van der Waals surface area contributed by atoms with Crippen LogP contribution in [0, 0.1) is 0 Å². The van der Waals surface area contributed by atoms with Crippen LogP contribution in [0.5, 0.6) is 0 Å². The second-order valence-electron chi connectivity index (χ2n) is 26.1. The number of hydrogen-bond acceptors (Lipinski definition) is 13. The number of aliphatic hydroxyl groups excluding tert-OH is 8. The van der Waals surface area contributed by atoms with E-state index < -0.39 is 86.8 Å². The highest BCUT2D eigenvalue weighted by molar-refractivity contribution is 5.76. The molecule has 14 nitrogen and oxygen atoms in total. The van der Waals surface area contributed by atoms with Crippen molar-refractivity contribution < 1.29 is 64.6 Å². The van der Waals surface area contributed by atoms with Crippen LogP contribution in [0.25, 0.3) is 0 Å². The van der Waals surface area contributed by atoms with Gasteiger partial charge in [0.1, 0.15) is 48.8 Å². The molecule has 0 bridgehead atoms. The van der Waals surface area contributed by atoms with Crippen molar-refractivity contribution in [3.05, 3.63) is 0 Å². The lowest BCUT2D eigenvalue weighted by Gasteiger charge is -2.46. The predicted molar refractivity (Wildman–Crippen MR) is 342 cm³/mol. The minimum atomic E-state index is -1.78. The first-order chi connectivity index (χ1) is 41.1. The molecule has 0 radical (unpaired) electrons. The summed E-state index contributed by atoms with van der Waals surface area (Å²) in [5.41, 5.74) is 0. The number of amides is 1. The minimum absolute atomic E-state index is 0.197. The number of carbonyl (C=O) groups excluding carboxylic acids is 1. The minimum Gasteiger partial charge on any atom is -0.394 e. The maximum absolute atomic E-state index is 13.3. The van der Waals surface area contributed by atoms with Gasteiger partial charge in [-0.25, -0.2) is 0 Å². The standard InChI is InChI=1S/C70H137NO13/c1-3-5-7-9-11-13-15-17-19-21-22-23-24-25-26-27-28-29-30-31-32-33-34-35-36-37-38-40-42-44-46-48-50-52-54-62(75)71-58(59(74)53-51-49-47-45-43-41-39-20-18-16-14-12-10-8-6-4-2)57-81-69-67(80)65(78)68(61(56-73)83-69)84-70-66(79)64(77)63(76)60(55-72)82-70/h58-61,63-70,72-74,76-80H,3-57H2,1-2H3,(H,71,75). The van der Waals surface area contributed by atoms with E-state index in [2.05, 4.69) is 19.2 Å². The fourth-order valence-electron chi connectivity index (χ4n) is 12.5. The van der Waals surface area contributed by atoms with Gasteiger partial charge in [-0.05, 0) is 12.8 Å². The molecule has 2 saturated heterocycles. The smallest absolute Gasteiger partial charge is 0.220 e. The third kappa shape index (κ3) is 39.9. The summed E-state index contributed by atoms with van der Waals surface area (Å²) < 4.78 is 22.9. The molecular formula is C70H137NO13. The van der Waals surface area contributed by atoms with E-state index in [1.165, 1.54) is 270 Å². The van der Waals surface area contributed by atoms with E-state index >= 15 is 0 Å². The molecule has 12 atom stereocenters. The fraction of sp³-hybridized carbons (Fsp3) is 0.986. The number of nitrogens with one attached hydrogen (secondary N) is 1. The normalized spacial score (nSPS) is 23.5. The lowest BCUT2D eigenvalue weighted by molar-refractivity contribution is -0.359. The molecule has 2 aliphatic heterocycles. The third-order valence-electron chi connectivity index (χ3n) is 18.3. The largest absolute Gasteiger partial charge is 0.394 e. The average Bonchev–Trinajstić information content (AvgIpc) is 3.60. The van der Waals surface area contributed by atoms with Crippen LogP contribution in [-0.2, 0) is 23.7 Å². The average molecular weight is 1200 g/mol. The van der Waals surface area contributed by atoms with Crippen LogP contribution in [0.1, 0.15) is 348 Å². The highest BCUT2D eigenvalue weighted by Gasteiger charge is 2.51. The van der Waals surface area contributed by atoms with Crippen LogP contribution in [0.15, 0.2) is 0 Å². The van der Waals surface area contributed by atoms with Gasteiger partial charge in [0.15, 0.2) is 12.6 Å². The van der Waals surface area contributed by atoms with Crippen molar-refractivity contribution in [1.82, 2.24) is 5.32 Å². The molecule has 12 unspecified atom stereocenters. The van der Waals surface area contributed by atoms with Crippen LogP contribution in [0.4, 0.5) is 0 Å². The highest BCUT2D eigenvalue weighted by Crippen LogP contribution is 2.30. The number of rotatable bonds is 61. The molecule has 2 rings (SSSR count). The van der Waals surface area contributed by atoms with Crippen molar-refractivity contribution in [2.75, 3.05) is 19.8 Å². The Morgan fingerprint density at radius 1 is 0.381 bits per heavy atom. The van der Waals surface area contributed by atoms with Gasteiger partial charge in [-0.2, -0.15) is 0 Å². The number of unbranched alkanes of at least 4 members (excludes halogenated alkanes) is 48. The molecule has 14 heteroatoms. The van der Waals surface area contributed by atoms with Gasteiger partial charge in [0, 0.05) is 6.42 Å². The number of carbonyl (C=O) groups is 1. The van der Waals surface area contributed by atoms with Crippen molar-refractivity contribution in [3.8, 4) is 0 Å². The van der Waals surface area contributed by atoms with Gasteiger partial charge in [0.2, 0.25) is 5.91 Å². The predicted octanol–water partition coefficient (Wildman–Crippen LogP) is 14.8. The Hall–Kier alpha value is -1.01. The van der Waals surface area contributed by atoms with Gasteiger partial charge in [0.25, 0.3) is 0 Å². The van der Waals surface area contributed by atoms with Gasteiger partial charge in [0.05, 0.1) is 32.0 Å². The van der Waals surface area contributed by atoms with E-state index in [1.807, 2.05) is 0 Å². The summed E-state index contributed by atoms with van der Waals surface area (Å²) >= 11 is 0. The van der Waals surface area contributed by atoms with Crippen LogP contribution >= 0.6 is 0 Å². The molecule has 0 aliphatic carbocycles. The zero-order chi connectivity index (χ0) is 60.9. The first kappa shape index (κ1) is 79.1. The lowest BCUT2D eigenvalue weighted by atomic mass is 9.97. The SMILES string of the molecule is CCCCCCCCCCCCCCCCCCCCCCCCCCCCCCCCCCCCC(=O)NC(COC1OC(CO)C(OC2OC(CO)C(O)C(O)C2O)C(O)C1O)C(O)CCCCCCCCCCCCCCCCCC. The second-order valence-corrected chi connectivity index (χ2v) is 26.1. The molecule has 0 spiro atoms. The summed E-state index contributed by atoms with van der Waals surface area (Å²) in [5.74, 6) is -0.197. The van der Waals surface area contributed by atoms with Crippen molar-refractivity contribution in [2.45, 2.75) is 421 Å². The quantitative estimate of drug-likeness (QED) is 0.0259. The summed E-state index contributed by atoms with van der Waals surface area (Å²) in [5, 5.41) is 87.5. The zero-order valence-corrected chi connectivity index (χ0v) is 54.4. The summed E-state index contributed by atoms with van der Waals surface area (Å²) in [6.45, 7) is 2.92. The maximum Gasteiger partial charge on any atom is 0.220 e. The van der Waals surface area contributed by atoms with Crippen molar-refractivity contribution in [1.29, 1.82) is 0 Å². The Bertz CT molecular complexity index is 1410. The Kier molecular flexibility index (Phi) is 52.7. The van der Waals surface area contributed by atoms with Gasteiger partial charge in [-0.1, -0.05) is 328 Å². The molecule has 84 heavy (non-hydrogen) atoms. The molecule has 9 N–H and O–H groups in total. The van der Waals surface area contributed by atoms with E-state index in [4.69, 9.17) is 18.9 Å². The summed E-state index contributed by atoms with van der Waals surface area (Å²) in [6, 6.07) is -0.824. The molecule has 2 heterocycles. The van der Waals surface area contributed by atoms with Gasteiger partial charge < -0.3 is 65.1 Å². The molecule has 2 fully saturated rings. The Balaban J connectivity index is 1.58. The molecule has 0 aromatic heterocycles. The number of aliphatic hydroxyl groups is 8. The van der Waals surface area contributed by atoms with Crippen molar-refractivity contribution in [3.63, 3.8) is 0 Å². The molecule has 1 amide bonds. The van der Waals surface area contributed by atoms with E-state index in [-0.39, 0.29) is 12.5 Å². The van der Waals surface area contributed by atoms with E-state index in [9.17, 15) is 45.6 Å².